The molecule has 2 amide bonds. The highest BCUT2D eigenvalue weighted by Gasteiger charge is 2.31. The van der Waals surface area contributed by atoms with Crippen LogP contribution in [0.5, 0.6) is 0 Å². The SMILES string of the molecule is O=C(NC[C@H]1CCCO1)c1ccccc1NC(=O)C1CCN(S(=O)(=O)Cc2ccccc2)CC1. The van der Waals surface area contributed by atoms with E-state index in [9.17, 15) is 18.0 Å². The molecule has 34 heavy (non-hydrogen) atoms. The number of carbonyl (C=O) groups is 2. The molecule has 1 atom stereocenters. The number of ether oxygens (including phenoxy) is 1. The van der Waals surface area contributed by atoms with Crippen molar-refractivity contribution in [3.63, 3.8) is 0 Å². The number of para-hydroxylation sites is 1. The maximum atomic E-state index is 12.9. The molecule has 2 aromatic carbocycles. The molecular weight excluding hydrogens is 454 g/mol. The van der Waals surface area contributed by atoms with E-state index in [-0.39, 0.29) is 29.6 Å². The van der Waals surface area contributed by atoms with Crippen LogP contribution in [0.4, 0.5) is 5.69 Å². The molecule has 182 valence electrons. The van der Waals surface area contributed by atoms with Crippen LogP contribution in [0.25, 0.3) is 0 Å². The number of hydrogen-bond donors (Lipinski definition) is 2. The minimum atomic E-state index is -3.44. The Morgan fingerprint density at radius 2 is 1.68 bits per heavy atom. The number of nitrogens with one attached hydrogen (secondary N) is 2. The van der Waals surface area contributed by atoms with Gasteiger partial charge in [0.25, 0.3) is 5.91 Å². The highest BCUT2D eigenvalue weighted by Crippen LogP contribution is 2.24. The molecular formula is C25H31N3O5S. The third kappa shape index (κ3) is 6.22. The first-order chi connectivity index (χ1) is 16.4. The second kappa shape index (κ2) is 11.1. The molecule has 0 saturated carbocycles. The van der Waals surface area contributed by atoms with Crippen LogP contribution in [0, 0.1) is 5.92 Å². The minimum absolute atomic E-state index is 0.0362. The largest absolute Gasteiger partial charge is 0.376 e. The zero-order chi connectivity index (χ0) is 24.0. The molecule has 2 aromatic rings. The summed E-state index contributed by atoms with van der Waals surface area (Å²) in [7, 11) is -3.44. The lowest BCUT2D eigenvalue weighted by atomic mass is 9.97. The van der Waals surface area contributed by atoms with Crippen LogP contribution >= 0.6 is 0 Å². The Kier molecular flexibility index (Phi) is 7.97. The molecule has 0 bridgehead atoms. The average molecular weight is 486 g/mol. The van der Waals surface area contributed by atoms with Crippen LogP contribution in [-0.2, 0) is 25.3 Å². The zero-order valence-corrected chi connectivity index (χ0v) is 19.9. The summed E-state index contributed by atoms with van der Waals surface area (Å²) in [6, 6.07) is 16.0. The van der Waals surface area contributed by atoms with Crippen molar-refractivity contribution >= 4 is 27.5 Å². The van der Waals surface area contributed by atoms with E-state index in [4.69, 9.17) is 4.74 Å². The molecule has 2 heterocycles. The number of sulfonamides is 1. The van der Waals surface area contributed by atoms with Gasteiger partial charge >= 0.3 is 0 Å². The summed E-state index contributed by atoms with van der Waals surface area (Å²) < 4.78 is 32.6. The van der Waals surface area contributed by atoms with Crippen molar-refractivity contribution in [1.82, 2.24) is 9.62 Å². The number of amides is 2. The molecule has 0 radical (unpaired) electrons. The number of nitrogens with zero attached hydrogens (tertiary/aromatic N) is 1. The fraction of sp³-hybridized carbons (Fsp3) is 0.440. The first-order valence-electron chi connectivity index (χ1n) is 11.7. The van der Waals surface area contributed by atoms with Gasteiger partial charge in [0.1, 0.15) is 0 Å². The molecule has 2 fully saturated rings. The van der Waals surface area contributed by atoms with Crippen LogP contribution < -0.4 is 10.6 Å². The molecule has 2 aliphatic heterocycles. The van der Waals surface area contributed by atoms with Crippen LogP contribution in [0.3, 0.4) is 0 Å². The van der Waals surface area contributed by atoms with Gasteiger partial charge in [0.15, 0.2) is 0 Å². The third-order valence-corrected chi connectivity index (χ3v) is 8.20. The predicted molar refractivity (Wildman–Crippen MR) is 130 cm³/mol. The monoisotopic (exact) mass is 485 g/mol. The van der Waals surface area contributed by atoms with E-state index in [0.717, 1.165) is 25.0 Å². The Bertz CT molecular complexity index is 1090. The Hall–Kier alpha value is -2.75. The fourth-order valence-corrected chi connectivity index (χ4v) is 5.97. The molecule has 2 saturated heterocycles. The fourth-order valence-electron chi connectivity index (χ4n) is 4.40. The zero-order valence-electron chi connectivity index (χ0n) is 19.1. The lowest BCUT2D eigenvalue weighted by Crippen LogP contribution is -2.42. The van der Waals surface area contributed by atoms with Crippen LogP contribution in [0.1, 0.15) is 41.6 Å². The molecule has 4 rings (SSSR count). The Morgan fingerprint density at radius 1 is 0.971 bits per heavy atom. The number of anilines is 1. The van der Waals surface area contributed by atoms with E-state index in [1.807, 2.05) is 18.2 Å². The summed E-state index contributed by atoms with van der Waals surface area (Å²) in [5.74, 6) is -0.807. The Morgan fingerprint density at radius 3 is 2.38 bits per heavy atom. The molecule has 9 heteroatoms. The molecule has 2 N–H and O–H groups in total. The van der Waals surface area contributed by atoms with Crippen LogP contribution in [-0.4, -0.2) is 56.9 Å². The van der Waals surface area contributed by atoms with Crippen molar-refractivity contribution in [2.24, 2.45) is 5.92 Å². The Labute approximate surface area is 200 Å². The molecule has 0 unspecified atom stereocenters. The van der Waals surface area contributed by atoms with Crippen molar-refractivity contribution in [1.29, 1.82) is 0 Å². The van der Waals surface area contributed by atoms with Gasteiger partial charge in [-0.3, -0.25) is 9.59 Å². The standard InChI is InChI=1S/C25H31N3O5S/c29-24(20-12-14-28(15-13-20)34(31,32)18-19-7-2-1-3-8-19)27-23-11-5-4-10-22(23)25(30)26-17-21-9-6-16-33-21/h1-5,7-8,10-11,20-21H,6,9,12-18H2,(H,26,30)(H,27,29)/t21-/m1/s1. The lowest BCUT2D eigenvalue weighted by Gasteiger charge is -2.30. The molecule has 0 aromatic heterocycles. The van der Waals surface area contributed by atoms with E-state index in [1.54, 1.807) is 36.4 Å². The van der Waals surface area contributed by atoms with Crippen LogP contribution in [0.2, 0.25) is 0 Å². The normalized spacial score (nSPS) is 19.6. The second-order valence-electron chi connectivity index (χ2n) is 8.80. The van der Waals surface area contributed by atoms with Crippen molar-refractivity contribution < 1.29 is 22.7 Å². The molecule has 0 spiro atoms. The van der Waals surface area contributed by atoms with Gasteiger partial charge in [0, 0.05) is 32.2 Å². The number of benzene rings is 2. The maximum absolute atomic E-state index is 12.9. The highest BCUT2D eigenvalue weighted by atomic mass is 32.2. The second-order valence-corrected chi connectivity index (χ2v) is 10.8. The third-order valence-electron chi connectivity index (χ3n) is 6.35. The van der Waals surface area contributed by atoms with E-state index >= 15 is 0 Å². The molecule has 0 aliphatic carbocycles. The number of piperidine rings is 1. The van der Waals surface area contributed by atoms with Gasteiger partial charge in [0.2, 0.25) is 15.9 Å². The summed E-state index contributed by atoms with van der Waals surface area (Å²) in [4.78, 5) is 25.6. The highest BCUT2D eigenvalue weighted by molar-refractivity contribution is 7.88. The van der Waals surface area contributed by atoms with Gasteiger partial charge in [-0.05, 0) is 43.4 Å². The van der Waals surface area contributed by atoms with Gasteiger partial charge in [-0.2, -0.15) is 0 Å². The van der Waals surface area contributed by atoms with Gasteiger partial charge in [-0.15, -0.1) is 0 Å². The first-order valence-corrected chi connectivity index (χ1v) is 13.3. The topological polar surface area (TPSA) is 105 Å². The summed E-state index contributed by atoms with van der Waals surface area (Å²) in [5, 5.41) is 5.77. The number of carbonyl (C=O) groups excluding carboxylic acids is 2. The van der Waals surface area contributed by atoms with Crippen molar-refractivity contribution in [3.05, 3.63) is 65.7 Å². The van der Waals surface area contributed by atoms with Gasteiger partial charge in [0.05, 0.1) is 23.1 Å². The summed E-state index contributed by atoms with van der Waals surface area (Å²) in [6.45, 7) is 1.77. The van der Waals surface area contributed by atoms with Gasteiger partial charge in [-0.25, -0.2) is 12.7 Å². The van der Waals surface area contributed by atoms with E-state index in [2.05, 4.69) is 10.6 Å². The summed E-state index contributed by atoms with van der Waals surface area (Å²) >= 11 is 0. The Balaban J connectivity index is 1.31. The predicted octanol–water partition coefficient (Wildman–Crippen LogP) is 2.78. The minimum Gasteiger partial charge on any atom is -0.376 e. The quantitative estimate of drug-likeness (QED) is 0.598. The summed E-state index contributed by atoms with van der Waals surface area (Å²) in [5.41, 5.74) is 1.60. The lowest BCUT2D eigenvalue weighted by molar-refractivity contribution is -0.120. The number of rotatable bonds is 8. The van der Waals surface area contributed by atoms with Crippen molar-refractivity contribution in [2.45, 2.75) is 37.5 Å². The molecule has 2 aliphatic rings. The summed E-state index contributed by atoms with van der Waals surface area (Å²) in [6.07, 6.45) is 2.84. The van der Waals surface area contributed by atoms with E-state index in [0.29, 0.717) is 43.7 Å². The molecule has 8 nitrogen and oxygen atoms in total. The van der Waals surface area contributed by atoms with Crippen molar-refractivity contribution in [2.75, 3.05) is 31.6 Å². The maximum Gasteiger partial charge on any atom is 0.253 e. The van der Waals surface area contributed by atoms with E-state index < -0.39 is 10.0 Å². The van der Waals surface area contributed by atoms with Gasteiger partial charge < -0.3 is 15.4 Å². The van der Waals surface area contributed by atoms with Crippen LogP contribution in [0.15, 0.2) is 54.6 Å². The smallest absolute Gasteiger partial charge is 0.253 e. The van der Waals surface area contributed by atoms with Crippen molar-refractivity contribution in [3.8, 4) is 0 Å². The van der Waals surface area contributed by atoms with E-state index in [1.165, 1.54) is 4.31 Å². The van der Waals surface area contributed by atoms with Gasteiger partial charge in [-0.1, -0.05) is 42.5 Å². The average Bonchev–Trinajstić information content (AvgIpc) is 3.37. The first kappa shape index (κ1) is 24.4. The number of hydrogen-bond acceptors (Lipinski definition) is 5.